The standard InChI is InChI=1S/C11H17N2O6PS/c1-6(4-12-5-14)9(16)13-10-7(15)8(19-20(17)21)11(2,3)18-10/h4-5,10,15,20H,1-3H3,(H,12,14)(H,13,16)(H,17,21)/b6-4-/t10-/m1/s1. The summed E-state index contributed by atoms with van der Waals surface area (Å²) in [4.78, 5) is 31.2. The zero-order chi connectivity index (χ0) is 16.2. The highest BCUT2D eigenvalue weighted by atomic mass is 32.4. The van der Waals surface area contributed by atoms with Crippen LogP contribution < -0.4 is 10.6 Å². The van der Waals surface area contributed by atoms with Gasteiger partial charge in [-0.3, -0.25) is 9.59 Å². The molecule has 0 aromatic heterocycles. The molecule has 0 fully saturated rings. The molecule has 0 radical (unpaired) electrons. The summed E-state index contributed by atoms with van der Waals surface area (Å²) in [6, 6.07) is 0. The lowest BCUT2D eigenvalue weighted by Crippen LogP contribution is -2.39. The second-order valence-electron chi connectivity index (χ2n) is 4.68. The van der Waals surface area contributed by atoms with Crippen molar-refractivity contribution in [2.45, 2.75) is 32.6 Å². The molecule has 1 aliphatic heterocycles. The summed E-state index contributed by atoms with van der Waals surface area (Å²) in [7, 11) is -2.49. The number of hydrogen-bond donors (Lipinski definition) is 4. The van der Waals surface area contributed by atoms with Crippen molar-refractivity contribution in [1.82, 2.24) is 10.6 Å². The first-order chi connectivity index (χ1) is 9.69. The maximum atomic E-state index is 11.8. The highest BCUT2D eigenvalue weighted by molar-refractivity contribution is 8.00. The van der Waals surface area contributed by atoms with Gasteiger partial charge in [0.1, 0.15) is 5.60 Å². The summed E-state index contributed by atoms with van der Waals surface area (Å²) in [5, 5.41) is 14.7. The number of aliphatic hydroxyl groups excluding tert-OH is 1. The summed E-state index contributed by atoms with van der Waals surface area (Å²) in [6.45, 7) is 4.67. The van der Waals surface area contributed by atoms with Crippen LogP contribution in [0.5, 0.6) is 0 Å². The molecule has 118 valence electrons. The molecule has 2 amide bonds. The van der Waals surface area contributed by atoms with Crippen LogP contribution in [0, 0.1) is 0 Å². The first-order valence-electron chi connectivity index (χ1n) is 5.88. The quantitative estimate of drug-likeness (QED) is 0.310. The van der Waals surface area contributed by atoms with Crippen molar-refractivity contribution in [1.29, 1.82) is 0 Å². The van der Waals surface area contributed by atoms with Crippen molar-refractivity contribution in [3.8, 4) is 0 Å². The van der Waals surface area contributed by atoms with Crippen LogP contribution in [-0.4, -0.2) is 34.1 Å². The normalized spacial score (nSPS) is 22.7. The lowest BCUT2D eigenvalue weighted by Gasteiger charge is -2.22. The van der Waals surface area contributed by atoms with E-state index in [0.717, 1.165) is 0 Å². The summed E-state index contributed by atoms with van der Waals surface area (Å²) in [5.41, 5.74) is -0.834. The number of ether oxygens (including phenoxy) is 1. The fourth-order valence-corrected chi connectivity index (χ4v) is 2.42. The smallest absolute Gasteiger partial charge is 0.250 e. The molecular formula is C11H17N2O6PS. The number of carbonyl (C=O) groups is 2. The molecule has 4 N–H and O–H groups in total. The molecular weight excluding hydrogens is 319 g/mol. The average molecular weight is 336 g/mol. The van der Waals surface area contributed by atoms with Gasteiger partial charge in [0.2, 0.25) is 13.6 Å². The third kappa shape index (κ3) is 4.53. The highest BCUT2D eigenvalue weighted by Gasteiger charge is 2.43. The van der Waals surface area contributed by atoms with Gasteiger partial charge in [0.15, 0.2) is 17.7 Å². The number of aliphatic hydroxyl groups is 1. The SMILES string of the molecule is C/C(=C/NC=O)C(=O)N[C@@H]1OC(C)(C)C(O[PH](O)=S)=C1O. The van der Waals surface area contributed by atoms with E-state index in [1.165, 1.54) is 13.1 Å². The van der Waals surface area contributed by atoms with Gasteiger partial charge in [-0.05, 0) is 32.6 Å². The minimum absolute atomic E-state index is 0.00756. The lowest BCUT2D eigenvalue weighted by molar-refractivity contribution is -0.123. The predicted octanol–water partition coefficient (Wildman–Crippen LogP) is 0.172. The molecule has 0 saturated heterocycles. The van der Waals surface area contributed by atoms with Crippen LogP contribution in [0.25, 0.3) is 0 Å². The molecule has 0 aromatic rings. The molecule has 0 bridgehead atoms. The molecule has 0 spiro atoms. The van der Waals surface area contributed by atoms with Crippen LogP contribution >= 0.6 is 7.15 Å². The van der Waals surface area contributed by atoms with Gasteiger partial charge >= 0.3 is 0 Å². The minimum atomic E-state index is -2.49. The van der Waals surface area contributed by atoms with Gasteiger partial charge in [-0.25, -0.2) is 0 Å². The van der Waals surface area contributed by atoms with E-state index in [2.05, 4.69) is 22.4 Å². The molecule has 2 atom stereocenters. The van der Waals surface area contributed by atoms with Crippen molar-refractivity contribution >= 4 is 31.3 Å². The van der Waals surface area contributed by atoms with Crippen molar-refractivity contribution in [2.75, 3.05) is 0 Å². The van der Waals surface area contributed by atoms with Gasteiger partial charge in [0.05, 0.1) is 0 Å². The van der Waals surface area contributed by atoms with Gasteiger partial charge in [-0.1, -0.05) is 0 Å². The zero-order valence-corrected chi connectivity index (χ0v) is 13.5. The minimum Gasteiger partial charge on any atom is -0.505 e. The van der Waals surface area contributed by atoms with E-state index in [0.29, 0.717) is 6.41 Å². The van der Waals surface area contributed by atoms with E-state index in [9.17, 15) is 19.6 Å². The van der Waals surface area contributed by atoms with Crippen LogP contribution in [0.3, 0.4) is 0 Å². The molecule has 1 heterocycles. The Kier molecular flexibility index (Phi) is 5.91. The Morgan fingerprint density at radius 3 is 2.71 bits per heavy atom. The topological polar surface area (TPSA) is 117 Å². The van der Waals surface area contributed by atoms with Gasteiger partial charge < -0.3 is 29.9 Å². The molecule has 8 nitrogen and oxygen atoms in total. The van der Waals surface area contributed by atoms with Gasteiger partial charge in [-0.15, -0.1) is 0 Å². The van der Waals surface area contributed by atoms with Gasteiger partial charge in [0.25, 0.3) is 5.91 Å². The summed E-state index contributed by atoms with van der Waals surface area (Å²) in [6.07, 6.45) is 0.501. The Hall–Kier alpha value is -1.41. The van der Waals surface area contributed by atoms with E-state index >= 15 is 0 Å². The summed E-state index contributed by atoms with van der Waals surface area (Å²) < 4.78 is 10.5. The Balaban J connectivity index is 2.86. The number of amides is 2. The summed E-state index contributed by atoms with van der Waals surface area (Å²) in [5.74, 6) is -0.913. The number of carbonyl (C=O) groups excluding carboxylic acids is 2. The summed E-state index contributed by atoms with van der Waals surface area (Å²) >= 11 is 4.58. The van der Waals surface area contributed by atoms with Crippen LogP contribution in [0.4, 0.5) is 0 Å². The second kappa shape index (κ2) is 7.04. The first kappa shape index (κ1) is 17.6. The van der Waals surface area contributed by atoms with Crippen LogP contribution in [0.1, 0.15) is 20.8 Å². The zero-order valence-electron chi connectivity index (χ0n) is 11.7. The highest BCUT2D eigenvalue weighted by Crippen LogP contribution is 2.39. The number of hydrogen-bond acceptors (Lipinski definition) is 6. The Morgan fingerprint density at radius 2 is 2.19 bits per heavy atom. The van der Waals surface area contributed by atoms with Crippen LogP contribution in [0.2, 0.25) is 0 Å². The van der Waals surface area contributed by atoms with E-state index in [4.69, 9.17) is 9.26 Å². The van der Waals surface area contributed by atoms with Gasteiger partial charge in [0, 0.05) is 11.8 Å². The first-order valence-corrected chi connectivity index (χ1v) is 8.37. The number of rotatable bonds is 6. The molecule has 0 saturated carbocycles. The average Bonchev–Trinajstić information content (AvgIpc) is 2.58. The van der Waals surface area contributed by atoms with E-state index in [-0.39, 0.29) is 17.1 Å². The molecule has 1 rings (SSSR count). The fourth-order valence-electron chi connectivity index (χ4n) is 1.65. The van der Waals surface area contributed by atoms with Crippen LogP contribution in [-0.2, 0) is 30.7 Å². The Morgan fingerprint density at radius 1 is 1.57 bits per heavy atom. The molecule has 0 aliphatic carbocycles. The van der Waals surface area contributed by atoms with Crippen molar-refractivity contribution in [3.63, 3.8) is 0 Å². The molecule has 21 heavy (non-hydrogen) atoms. The lowest BCUT2D eigenvalue weighted by atomic mass is 10.1. The van der Waals surface area contributed by atoms with Crippen molar-refractivity contribution in [3.05, 3.63) is 23.3 Å². The maximum Gasteiger partial charge on any atom is 0.250 e. The Bertz CT molecular complexity index is 531. The molecule has 1 aliphatic rings. The second-order valence-corrected chi connectivity index (χ2v) is 6.46. The molecule has 0 aromatic carbocycles. The largest absolute Gasteiger partial charge is 0.505 e. The van der Waals surface area contributed by atoms with Crippen molar-refractivity contribution in [2.24, 2.45) is 0 Å². The van der Waals surface area contributed by atoms with E-state index < -0.39 is 24.9 Å². The third-order valence-corrected chi connectivity index (χ3v) is 3.25. The van der Waals surface area contributed by atoms with E-state index in [1.807, 2.05) is 0 Å². The monoisotopic (exact) mass is 336 g/mol. The van der Waals surface area contributed by atoms with Crippen molar-refractivity contribution < 1.29 is 28.8 Å². The molecule has 1 unspecified atom stereocenters. The van der Waals surface area contributed by atoms with Gasteiger partial charge in [-0.2, -0.15) is 0 Å². The van der Waals surface area contributed by atoms with Crippen LogP contribution in [0.15, 0.2) is 23.3 Å². The predicted molar refractivity (Wildman–Crippen MR) is 78.7 cm³/mol. The Labute approximate surface area is 127 Å². The maximum absolute atomic E-state index is 11.8. The fraction of sp³-hybridized carbons (Fsp3) is 0.455. The van der Waals surface area contributed by atoms with E-state index in [1.54, 1.807) is 13.8 Å². The number of nitrogens with one attached hydrogen (secondary N) is 2. The third-order valence-electron chi connectivity index (χ3n) is 2.62. The molecule has 10 heteroatoms.